The van der Waals surface area contributed by atoms with E-state index in [1.807, 2.05) is 30.3 Å². The SMILES string of the molecule is NC(=NO)c1ccc(CNC(=O)c2ccccc2I)cc1. The van der Waals surface area contributed by atoms with Crippen LogP contribution in [-0.4, -0.2) is 17.0 Å². The smallest absolute Gasteiger partial charge is 0.252 e. The van der Waals surface area contributed by atoms with Crippen molar-refractivity contribution in [1.29, 1.82) is 0 Å². The Morgan fingerprint density at radius 3 is 2.48 bits per heavy atom. The second kappa shape index (κ2) is 7.07. The topological polar surface area (TPSA) is 87.7 Å². The highest BCUT2D eigenvalue weighted by Gasteiger charge is 2.08. The first kappa shape index (κ1) is 15.3. The highest BCUT2D eigenvalue weighted by molar-refractivity contribution is 14.1. The van der Waals surface area contributed by atoms with Crippen LogP contribution in [0.15, 0.2) is 53.7 Å². The fraction of sp³-hybridized carbons (Fsp3) is 0.0667. The largest absolute Gasteiger partial charge is 0.409 e. The quantitative estimate of drug-likeness (QED) is 0.244. The molecule has 0 radical (unpaired) electrons. The molecule has 5 nitrogen and oxygen atoms in total. The monoisotopic (exact) mass is 395 g/mol. The highest BCUT2D eigenvalue weighted by atomic mass is 127. The molecule has 0 aliphatic rings. The number of oxime groups is 1. The Bertz CT molecular complexity index is 669. The van der Waals surface area contributed by atoms with Gasteiger partial charge in [0.05, 0.1) is 5.56 Å². The lowest BCUT2D eigenvalue weighted by atomic mass is 10.1. The summed E-state index contributed by atoms with van der Waals surface area (Å²) in [5.74, 6) is -0.0510. The Morgan fingerprint density at radius 1 is 1.19 bits per heavy atom. The van der Waals surface area contributed by atoms with Gasteiger partial charge in [-0.3, -0.25) is 4.79 Å². The second-order valence-corrected chi connectivity index (χ2v) is 5.51. The maximum Gasteiger partial charge on any atom is 0.252 e. The van der Waals surface area contributed by atoms with E-state index in [0.29, 0.717) is 17.7 Å². The van der Waals surface area contributed by atoms with E-state index in [4.69, 9.17) is 10.9 Å². The van der Waals surface area contributed by atoms with Gasteiger partial charge in [-0.05, 0) is 40.3 Å². The van der Waals surface area contributed by atoms with Crippen LogP contribution < -0.4 is 11.1 Å². The molecule has 4 N–H and O–H groups in total. The van der Waals surface area contributed by atoms with Crippen molar-refractivity contribution >= 4 is 34.3 Å². The minimum Gasteiger partial charge on any atom is -0.409 e. The van der Waals surface area contributed by atoms with E-state index in [-0.39, 0.29) is 11.7 Å². The molecule has 0 fully saturated rings. The number of carbonyl (C=O) groups is 1. The van der Waals surface area contributed by atoms with Crippen molar-refractivity contribution < 1.29 is 10.0 Å². The van der Waals surface area contributed by atoms with Crippen LogP contribution in [0.2, 0.25) is 0 Å². The van der Waals surface area contributed by atoms with Crippen molar-refractivity contribution in [2.24, 2.45) is 10.9 Å². The first-order chi connectivity index (χ1) is 10.1. The van der Waals surface area contributed by atoms with Gasteiger partial charge in [-0.2, -0.15) is 0 Å². The molecule has 2 rings (SSSR count). The Morgan fingerprint density at radius 2 is 1.86 bits per heavy atom. The predicted molar refractivity (Wildman–Crippen MR) is 89.3 cm³/mol. The molecule has 2 aromatic carbocycles. The number of halogens is 1. The molecule has 0 saturated heterocycles. The molecule has 0 aliphatic carbocycles. The fourth-order valence-corrected chi connectivity index (χ4v) is 2.41. The minimum atomic E-state index is -0.111. The average Bonchev–Trinajstić information content (AvgIpc) is 2.52. The molecule has 0 saturated carbocycles. The van der Waals surface area contributed by atoms with Crippen LogP contribution in [0.1, 0.15) is 21.5 Å². The van der Waals surface area contributed by atoms with Crippen LogP contribution >= 0.6 is 22.6 Å². The van der Waals surface area contributed by atoms with Gasteiger partial charge in [0.15, 0.2) is 5.84 Å². The maximum atomic E-state index is 12.1. The summed E-state index contributed by atoms with van der Waals surface area (Å²) in [5.41, 5.74) is 7.71. The zero-order chi connectivity index (χ0) is 15.2. The van der Waals surface area contributed by atoms with Crippen molar-refractivity contribution in [2.45, 2.75) is 6.54 Å². The predicted octanol–water partition coefficient (Wildman–Crippen LogP) is 2.32. The lowest BCUT2D eigenvalue weighted by Crippen LogP contribution is -2.23. The van der Waals surface area contributed by atoms with Gasteiger partial charge in [0.2, 0.25) is 0 Å². The Labute approximate surface area is 136 Å². The number of amidine groups is 1. The normalized spacial score (nSPS) is 11.2. The molecule has 0 bridgehead atoms. The third-order valence-electron chi connectivity index (χ3n) is 2.93. The zero-order valence-electron chi connectivity index (χ0n) is 11.1. The third kappa shape index (κ3) is 3.94. The maximum absolute atomic E-state index is 12.1. The minimum absolute atomic E-state index is 0.0597. The fourth-order valence-electron chi connectivity index (χ4n) is 1.77. The molecule has 0 aliphatic heterocycles. The van der Waals surface area contributed by atoms with E-state index >= 15 is 0 Å². The Hall–Kier alpha value is -2.09. The van der Waals surface area contributed by atoms with Crippen LogP contribution in [0, 0.1) is 3.57 Å². The number of rotatable bonds is 4. The van der Waals surface area contributed by atoms with E-state index in [2.05, 4.69) is 33.1 Å². The van der Waals surface area contributed by atoms with Crippen molar-refractivity contribution in [1.82, 2.24) is 5.32 Å². The second-order valence-electron chi connectivity index (χ2n) is 4.34. The molecule has 2 aromatic rings. The molecule has 0 heterocycles. The first-order valence-electron chi connectivity index (χ1n) is 6.21. The molecular formula is C15H14IN3O2. The van der Waals surface area contributed by atoms with Crippen molar-refractivity contribution in [3.63, 3.8) is 0 Å². The zero-order valence-corrected chi connectivity index (χ0v) is 13.2. The summed E-state index contributed by atoms with van der Waals surface area (Å²) in [4.78, 5) is 12.1. The molecule has 108 valence electrons. The number of carbonyl (C=O) groups excluding carboxylic acids is 1. The Kier molecular flexibility index (Phi) is 5.15. The van der Waals surface area contributed by atoms with Crippen LogP contribution in [0.5, 0.6) is 0 Å². The summed E-state index contributed by atoms with van der Waals surface area (Å²) in [5, 5.41) is 14.4. The van der Waals surface area contributed by atoms with Gasteiger partial charge in [0.1, 0.15) is 0 Å². The number of nitrogens with zero attached hydrogens (tertiary/aromatic N) is 1. The molecule has 6 heteroatoms. The van der Waals surface area contributed by atoms with Crippen molar-refractivity contribution in [3.8, 4) is 0 Å². The number of hydrogen-bond donors (Lipinski definition) is 3. The van der Waals surface area contributed by atoms with E-state index in [1.54, 1.807) is 18.2 Å². The highest BCUT2D eigenvalue weighted by Crippen LogP contribution is 2.11. The average molecular weight is 395 g/mol. The lowest BCUT2D eigenvalue weighted by Gasteiger charge is -2.07. The molecular weight excluding hydrogens is 381 g/mol. The van der Waals surface area contributed by atoms with E-state index in [1.165, 1.54) is 0 Å². The summed E-state index contributed by atoms with van der Waals surface area (Å²) >= 11 is 2.13. The van der Waals surface area contributed by atoms with E-state index < -0.39 is 0 Å². The molecule has 0 aromatic heterocycles. The summed E-state index contributed by atoms with van der Waals surface area (Å²) < 4.78 is 0.912. The van der Waals surface area contributed by atoms with Gasteiger partial charge in [0.25, 0.3) is 5.91 Å². The molecule has 0 atom stereocenters. The van der Waals surface area contributed by atoms with E-state index in [9.17, 15) is 4.79 Å². The molecule has 0 spiro atoms. The van der Waals surface area contributed by atoms with Gasteiger partial charge in [-0.15, -0.1) is 0 Å². The number of nitrogens with two attached hydrogens (primary N) is 1. The first-order valence-corrected chi connectivity index (χ1v) is 7.29. The van der Waals surface area contributed by atoms with Crippen LogP contribution in [0.4, 0.5) is 0 Å². The van der Waals surface area contributed by atoms with E-state index in [0.717, 1.165) is 9.13 Å². The number of hydrogen-bond acceptors (Lipinski definition) is 3. The molecule has 1 amide bonds. The van der Waals surface area contributed by atoms with Crippen molar-refractivity contribution in [3.05, 3.63) is 68.8 Å². The summed E-state index contributed by atoms with van der Waals surface area (Å²) in [6.45, 7) is 0.417. The van der Waals surface area contributed by atoms with Gasteiger partial charge in [-0.25, -0.2) is 0 Å². The number of amides is 1. The van der Waals surface area contributed by atoms with Gasteiger partial charge in [0, 0.05) is 15.7 Å². The van der Waals surface area contributed by atoms with Crippen LogP contribution in [0.25, 0.3) is 0 Å². The molecule has 0 unspecified atom stereocenters. The van der Waals surface area contributed by atoms with Gasteiger partial charge in [-0.1, -0.05) is 41.6 Å². The van der Waals surface area contributed by atoms with Crippen LogP contribution in [-0.2, 0) is 6.54 Å². The summed E-state index contributed by atoms with van der Waals surface area (Å²) in [7, 11) is 0. The number of nitrogens with one attached hydrogen (secondary N) is 1. The van der Waals surface area contributed by atoms with Gasteiger partial charge < -0.3 is 16.3 Å². The molecule has 21 heavy (non-hydrogen) atoms. The summed E-state index contributed by atoms with van der Waals surface area (Å²) in [6.07, 6.45) is 0. The lowest BCUT2D eigenvalue weighted by molar-refractivity contribution is 0.0950. The Balaban J connectivity index is 2.00. The van der Waals surface area contributed by atoms with Gasteiger partial charge >= 0.3 is 0 Å². The standard InChI is InChI=1S/C15H14IN3O2/c16-13-4-2-1-3-12(13)15(20)18-9-10-5-7-11(8-6-10)14(17)19-21/h1-8,21H,9H2,(H2,17,19)(H,18,20). The van der Waals surface area contributed by atoms with Crippen molar-refractivity contribution in [2.75, 3.05) is 0 Å². The number of benzene rings is 2. The summed E-state index contributed by atoms with van der Waals surface area (Å²) in [6, 6.07) is 14.5. The van der Waals surface area contributed by atoms with Crippen LogP contribution in [0.3, 0.4) is 0 Å². The third-order valence-corrected chi connectivity index (χ3v) is 3.87.